The zero-order valence-electron chi connectivity index (χ0n) is 8.94. The van der Waals surface area contributed by atoms with Crippen molar-refractivity contribution in [1.29, 1.82) is 0 Å². The van der Waals surface area contributed by atoms with Gasteiger partial charge in [0, 0.05) is 5.56 Å². The van der Waals surface area contributed by atoms with Crippen LogP contribution in [0.25, 0.3) is 0 Å². The topological polar surface area (TPSA) is 37.3 Å². The molecule has 0 heterocycles. The van der Waals surface area contributed by atoms with Crippen molar-refractivity contribution in [2.24, 2.45) is 5.92 Å². The molecule has 2 heteroatoms. The normalized spacial score (nSPS) is 20.4. The average molecular weight is 204 g/mol. The summed E-state index contributed by atoms with van der Waals surface area (Å²) in [7, 11) is 0. The van der Waals surface area contributed by atoms with Gasteiger partial charge in [0.1, 0.15) is 6.29 Å². The van der Waals surface area contributed by atoms with Gasteiger partial charge in [0.25, 0.3) is 0 Å². The molecule has 0 aromatic heterocycles. The highest BCUT2D eigenvalue weighted by atomic mass is 16.3. The minimum Gasteiger partial charge on any atom is -0.385 e. The quantitative estimate of drug-likeness (QED) is 0.768. The molecular formula is C13H16O2. The smallest absolute Gasteiger partial charge is 0.150 e. The summed E-state index contributed by atoms with van der Waals surface area (Å²) in [5, 5.41) is 10.4. The molecule has 0 amide bonds. The van der Waals surface area contributed by atoms with Crippen molar-refractivity contribution in [3.05, 3.63) is 35.4 Å². The second kappa shape index (κ2) is 3.78. The van der Waals surface area contributed by atoms with E-state index in [1.54, 1.807) is 12.1 Å². The summed E-state index contributed by atoms with van der Waals surface area (Å²) in [6.45, 7) is 1.87. The maximum absolute atomic E-state index is 10.5. The Labute approximate surface area is 89.9 Å². The Morgan fingerprint density at radius 1 is 1.33 bits per heavy atom. The zero-order valence-corrected chi connectivity index (χ0v) is 8.94. The largest absolute Gasteiger partial charge is 0.385 e. The Kier molecular flexibility index (Phi) is 2.61. The number of rotatable bonds is 3. The molecule has 1 aromatic carbocycles. The highest BCUT2D eigenvalue weighted by molar-refractivity contribution is 5.74. The lowest BCUT2D eigenvalue weighted by atomic mass is 9.71. The van der Waals surface area contributed by atoms with Crippen LogP contribution in [-0.4, -0.2) is 11.4 Å². The molecule has 1 unspecified atom stereocenters. The number of hydrogen-bond acceptors (Lipinski definition) is 2. The van der Waals surface area contributed by atoms with Crippen molar-refractivity contribution in [1.82, 2.24) is 0 Å². The van der Waals surface area contributed by atoms with Crippen LogP contribution in [-0.2, 0) is 5.60 Å². The van der Waals surface area contributed by atoms with E-state index in [0.29, 0.717) is 11.5 Å². The first-order valence-electron chi connectivity index (χ1n) is 5.42. The summed E-state index contributed by atoms with van der Waals surface area (Å²) in [5.41, 5.74) is 0.834. The summed E-state index contributed by atoms with van der Waals surface area (Å²) < 4.78 is 0. The lowest BCUT2D eigenvalue weighted by Gasteiger charge is -2.39. The van der Waals surface area contributed by atoms with E-state index in [1.165, 1.54) is 6.42 Å². The van der Waals surface area contributed by atoms with Crippen LogP contribution in [0.1, 0.15) is 42.1 Å². The molecule has 0 aliphatic heterocycles. The summed E-state index contributed by atoms with van der Waals surface area (Å²) in [5.74, 6) is 0.375. The van der Waals surface area contributed by atoms with E-state index in [1.807, 2.05) is 19.1 Å². The van der Waals surface area contributed by atoms with Gasteiger partial charge >= 0.3 is 0 Å². The first-order valence-corrected chi connectivity index (χ1v) is 5.42. The van der Waals surface area contributed by atoms with Crippen LogP contribution in [0.5, 0.6) is 0 Å². The second-order valence-corrected chi connectivity index (χ2v) is 4.52. The second-order valence-electron chi connectivity index (χ2n) is 4.52. The van der Waals surface area contributed by atoms with E-state index >= 15 is 0 Å². The first kappa shape index (κ1) is 10.4. The van der Waals surface area contributed by atoms with E-state index in [9.17, 15) is 9.90 Å². The predicted octanol–water partition coefficient (Wildman–Crippen LogP) is 2.51. The van der Waals surface area contributed by atoms with E-state index in [2.05, 4.69) is 0 Å². The van der Waals surface area contributed by atoms with Gasteiger partial charge in [-0.05, 0) is 31.2 Å². The fraction of sp³-hybridized carbons (Fsp3) is 0.462. The molecule has 1 aromatic rings. The van der Waals surface area contributed by atoms with E-state index < -0.39 is 5.60 Å². The summed E-state index contributed by atoms with van der Waals surface area (Å²) in [6.07, 6.45) is 4.24. The van der Waals surface area contributed by atoms with Crippen LogP contribution < -0.4 is 0 Å². The van der Waals surface area contributed by atoms with Gasteiger partial charge < -0.3 is 5.11 Å². The monoisotopic (exact) mass is 204 g/mol. The molecule has 2 nitrogen and oxygen atoms in total. The van der Waals surface area contributed by atoms with Gasteiger partial charge in [0.2, 0.25) is 0 Å². The third kappa shape index (κ3) is 1.82. The van der Waals surface area contributed by atoms with E-state index in [0.717, 1.165) is 24.7 Å². The van der Waals surface area contributed by atoms with Gasteiger partial charge in [-0.15, -0.1) is 0 Å². The molecule has 80 valence electrons. The average Bonchev–Trinajstić information content (AvgIpc) is 2.14. The molecule has 0 spiro atoms. The molecule has 0 saturated heterocycles. The number of carbonyl (C=O) groups excluding carboxylic acids is 1. The minimum absolute atomic E-state index is 0.375. The number of hydrogen-bond donors (Lipinski definition) is 1. The maximum Gasteiger partial charge on any atom is 0.150 e. The van der Waals surface area contributed by atoms with Gasteiger partial charge in [0.15, 0.2) is 0 Å². The highest BCUT2D eigenvalue weighted by Crippen LogP contribution is 2.41. The van der Waals surface area contributed by atoms with Crippen LogP contribution in [0, 0.1) is 5.92 Å². The highest BCUT2D eigenvalue weighted by Gasteiger charge is 2.37. The Morgan fingerprint density at radius 2 is 1.93 bits per heavy atom. The third-order valence-electron chi connectivity index (χ3n) is 3.53. The van der Waals surface area contributed by atoms with E-state index in [4.69, 9.17) is 0 Å². The third-order valence-corrected chi connectivity index (χ3v) is 3.53. The molecule has 1 fully saturated rings. The van der Waals surface area contributed by atoms with Crippen LogP contribution in [0.4, 0.5) is 0 Å². The van der Waals surface area contributed by atoms with Crippen molar-refractivity contribution in [2.45, 2.75) is 31.8 Å². The Morgan fingerprint density at radius 3 is 2.33 bits per heavy atom. The molecule has 1 atom stereocenters. The van der Waals surface area contributed by atoms with Gasteiger partial charge in [0.05, 0.1) is 5.60 Å². The standard InChI is InChI=1S/C13H16O2/c1-13(15,11-3-2-4-11)12-7-5-10(9-14)6-8-12/h5-9,11,15H,2-4H2,1H3. The number of benzene rings is 1. The van der Waals surface area contributed by atoms with Crippen LogP contribution in [0.3, 0.4) is 0 Å². The molecular weight excluding hydrogens is 188 g/mol. The minimum atomic E-state index is -0.736. The van der Waals surface area contributed by atoms with Crippen LogP contribution >= 0.6 is 0 Å². The van der Waals surface area contributed by atoms with Crippen LogP contribution in [0.15, 0.2) is 24.3 Å². The molecule has 2 rings (SSSR count). The Balaban J connectivity index is 2.23. The van der Waals surface area contributed by atoms with Gasteiger partial charge in [-0.1, -0.05) is 30.7 Å². The summed E-state index contributed by atoms with van der Waals surface area (Å²) in [4.78, 5) is 10.5. The first-order chi connectivity index (χ1) is 7.14. The number of aliphatic hydroxyl groups is 1. The fourth-order valence-electron chi connectivity index (χ4n) is 2.11. The molecule has 15 heavy (non-hydrogen) atoms. The fourth-order valence-corrected chi connectivity index (χ4v) is 2.11. The molecule has 0 radical (unpaired) electrons. The van der Waals surface area contributed by atoms with Gasteiger partial charge in [-0.25, -0.2) is 0 Å². The van der Waals surface area contributed by atoms with Crippen LogP contribution in [0.2, 0.25) is 0 Å². The Bertz CT molecular complexity index is 347. The van der Waals surface area contributed by atoms with Crippen molar-refractivity contribution in [3.63, 3.8) is 0 Å². The molecule has 1 N–H and O–H groups in total. The van der Waals surface area contributed by atoms with Crippen molar-refractivity contribution < 1.29 is 9.90 Å². The lowest BCUT2D eigenvalue weighted by molar-refractivity contribution is -0.0399. The SMILES string of the molecule is CC(O)(c1ccc(C=O)cc1)C1CCC1. The Hall–Kier alpha value is -1.15. The molecule has 1 aliphatic carbocycles. The van der Waals surface area contributed by atoms with Crippen molar-refractivity contribution >= 4 is 6.29 Å². The molecule has 1 saturated carbocycles. The van der Waals surface area contributed by atoms with Crippen molar-refractivity contribution in [3.8, 4) is 0 Å². The predicted molar refractivity (Wildman–Crippen MR) is 58.7 cm³/mol. The zero-order chi connectivity index (χ0) is 10.9. The number of aldehydes is 1. The van der Waals surface area contributed by atoms with Gasteiger partial charge in [-0.2, -0.15) is 0 Å². The molecule has 1 aliphatic rings. The summed E-state index contributed by atoms with van der Waals surface area (Å²) in [6, 6.07) is 7.22. The van der Waals surface area contributed by atoms with E-state index in [-0.39, 0.29) is 0 Å². The lowest BCUT2D eigenvalue weighted by Crippen LogP contribution is -2.36. The maximum atomic E-state index is 10.5. The molecule has 0 bridgehead atoms. The number of carbonyl (C=O) groups is 1. The van der Waals surface area contributed by atoms with Gasteiger partial charge in [-0.3, -0.25) is 4.79 Å². The summed E-state index contributed by atoms with van der Waals surface area (Å²) >= 11 is 0. The van der Waals surface area contributed by atoms with Crippen molar-refractivity contribution in [2.75, 3.05) is 0 Å².